The highest BCUT2D eigenvalue weighted by atomic mass is 16.4. The molecule has 0 aromatic heterocycles. The van der Waals surface area contributed by atoms with Crippen LogP contribution in [-0.2, 0) is 0 Å². The minimum atomic E-state index is -0.906. The van der Waals surface area contributed by atoms with E-state index in [9.17, 15) is 9.90 Å². The Kier molecular flexibility index (Phi) is 4.20. The van der Waals surface area contributed by atoms with Crippen molar-refractivity contribution >= 4 is 11.7 Å². The molecule has 2 atom stereocenters. The Morgan fingerprint density at radius 3 is 2.61 bits per heavy atom. The van der Waals surface area contributed by atoms with Crippen LogP contribution in [-0.4, -0.2) is 28.8 Å². The fourth-order valence-corrected chi connectivity index (χ4v) is 2.44. The zero-order chi connectivity index (χ0) is 13.0. The van der Waals surface area contributed by atoms with Crippen LogP contribution in [0.1, 0.15) is 36.0 Å². The summed E-state index contributed by atoms with van der Waals surface area (Å²) in [5, 5.41) is 21.7. The molecule has 0 saturated heterocycles. The summed E-state index contributed by atoms with van der Waals surface area (Å²) in [6.07, 6.45) is 3.87. The van der Waals surface area contributed by atoms with Gasteiger partial charge in [0.2, 0.25) is 0 Å². The predicted molar refractivity (Wildman–Crippen MR) is 69.9 cm³/mol. The zero-order valence-corrected chi connectivity index (χ0v) is 10.3. The van der Waals surface area contributed by atoms with E-state index >= 15 is 0 Å². The molecule has 98 valence electrons. The average Bonchev–Trinajstić information content (AvgIpc) is 2.37. The summed E-state index contributed by atoms with van der Waals surface area (Å²) in [6.45, 7) is 0.837. The molecule has 1 aliphatic carbocycles. The molecular formula is C14H19NO3. The van der Waals surface area contributed by atoms with Crippen molar-refractivity contribution in [2.24, 2.45) is 5.92 Å². The lowest BCUT2D eigenvalue weighted by Gasteiger charge is -2.26. The van der Waals surface area contributed by atoms with Gasteiger partial charge in [0.1, 0.15) is 0 Å². The summed E-state index contributed by atoms with van der Waals surface area (Å²) in [4.78, 5) is 10.7. The molecule has 1 aromatic carbocycles. The fraction of sp³-hybridized carbons (Fsp3) is 0.500. The number of hydrogen-bond donors (Lipinski definition) is 3. The Balaban J connectivity index is 1.84. The van der Waals surface area contributed by atoms with Crippen LogP contribution in [0.2, 0.25) is 0 Å². The first-order chi connectivity index (χ1) is 8.65. The van der Waals surface area contributed by atoms with E-state index in [-0.39, 0.29) is 6.10 Å². The minimum absolute atomic E-state index is 0.153. The smallest absolute Gasteiger partial charge is 0.335 e. The van der Waals surface area contributed by atoms with Gasteiger partial charge in [0.25, 0.3) is 0 Å². The molecule has 1 saturated carbocycles. The van der Waals surface area contributed by atoms with Gasteiger partial charge in [0, 0.05) is 12.2 Å². The number of aliphatic hydroxyl groups is 1. The second-order valence-electron chi connectivity index (χ2n) is 4.95. The van der Waals surface area contributed by atoms with Crippen molar-refractivity contribution in [3.63, 3.8) is 0 Å². The molecule has 0 bridgehead atoms. The van der Waals surface area contributed by atoms with E-state index in [4.69, 9.17) is 5.11 Å². The van der Waals surface area contributed by atoms with Gasteiger partial charge in [0.05, 0.1) is 11.7 Å². The van der Waals surface area contributed by atoms with Crippen molar-refractivity contribution in [3.05, 3.63) is 29.8 Å². The first-order valence-corrected chi connectivity index (χ1v) is 6.40. The Bertz CT molecular complexity index is 402. The van der Waals surface area contributed by atoms with Crippen LogP contribution in [0, 0.1) is 5.92 Å². The van der Waals surface area contributed by atoms with Gasteiger partial charge >= 0.3 is 5.97 Å². The highest BCUT2D eigenvalue weighted by Gasteiger charge is 2.19. The number of anilines is 1. The molecule has 18 heavy (non-hydrogen) atoms. The number of aliphatic hydroxyl groups excluding tert-OH is 1. The summed E-state index contributed by atoms with van der Waals surface area (Å²) < 4.78 is 0. The minimum Gasteiger partial charge on any atom is -0.478 e. The third-order valence-corrected chi connectivity index (χ3v) is 3.48. The number of aromatic carboxylic acids is 1. The van der Waals surface area contributed by atoms with Crippen molar-refractivity contribution < 1.29 is 15.0 Å². The molecule has 2 unspecified atom stereocenters. The summed E-state index contributed by atoms with van der Waals surface area (Å²) in [6, 6.07) is 6.76. The maximum atomic E-state index is 10.7. The SMILES string of the molecule is O=C(O)c1ccc(NCC2CCCC(O)C2)cc1. The number of hydrogen-bond acceptors (Lipinski definition) is 3. The molecule has 4 nitrogen and oxygen atoms in total. The summed E-state index contributed by atoms with van der Waals surface area (Å²) in [5.74, 6) is -0.398. The lowest BCUT2D eigenvalue weighted by atomic mass is 9.87. The van der Waals surface area contributed by atoms with E-state index < -0.39 is 5.97 Å². The van der Waals surface area contributed by atoms with Crippen LogP contribution in [0.4, 0.5) is 5.69 Å². The Morgan fingerprint density at radius 2 is 2.00 bits per heavy atom. The lowest BCUT2D eigenvalue weighted by molar-refractivity contribution is 0.0697. The highest BCUT2D eigenvalue weighted by Crippen LogP contribution is 2.24. The van der Waals surface area contributed by atoms with Crippen LogP contribution in [0.3, 0.4) is 0 Å². The molecule has 1 aromatic rings. The van der Waals surface area contributed by atoms with Gasteiger partial charge in [-0.3, -0.25) is 0 Å². The van der Waals surface area contributed by atoms with Gasteiger partial charge < -0.3 is 15.5 Å². The van der Waals surface area contributed by atoms with E-state index in [1.165, 1.54) is 0 Å². The molecule has 3 N–H and O–H groups in total. The van der Waals surface area contributed by atoms with Crippen molar-refractivity contribution in [1.82, 2.24) is 0 Å². The van der Waals surface area contributed by atoms with Gasteiger partial charge in [-0.05, 0) is 49.4 Å². The van der Waals surface area contributed by atoms with Crippen LogP contribution < -0.4 is 5.32 Å². The third-order valence-electron chi connectivity index (χ3n) is 3.48. The first-order valence-electron chi connectivity index (χ1n) is 6.40. The maximum Gasteiger partial charge on any atom is 0.335 e. The Labute approximate surface area is 107 Å². The van der Waals surface area contributed by atoms with Crippen LogP contribution in [0.5, 0.6) is 0 Å². The van der Waals surface area contributed by atoms with Crippen molar-refractivity contribution in [3.8, 4) is 0 Å². The fourth-order valence-electron chi connectivity index (χ4n) is 2.44. The first kappa shape index (κ1) is 12.9. The summed E-state index contributed by atoms with van der Waals surface area (Å²) in [5.41, 5.74) is 1.23. The lowest BCUT2D eigenvalue weighted by Crippen LogP contribution is -2.24. The number of carbonyl (C=O) groups is 1. The highest BCUT2D eigenvalue weighted by molar-refractivity contribution is 5.87. The molecule has 1 aliphatic rings. The normalized spacial score (nSPS) is 23.6. The van der Waals surface area contributed by atoms with E-state index in [1.807, 2.05) is 0 Å². The third kappa shape index (κ3) is 3.47. The van der Waals surface area contributed by atoms with Gasteiger partial charge in [-0.1, -0.05) is 6.42 Å². The van der Waals surface area contributed by atoms with E-state index in [0.29, 0.717) is 11.5 Å². The molecule has 0 spiro atoms. The van der Waals surface area contributed by atoms with Crippen LogP contribution in [0.25, 0.3) is 0 Å². The number of rotatable bonds is 4. The van der Waals surface area contributed by atoms with Crippen molar-refractivity contribution in [2.45, 2.75) is 31.8 Å². The number of benzene rings is 1. The quantitative estimate of drug-likeness (QED) is 0.766. The monoisotopic (exact) mass is 249 g/mol. The summed E-state index contributed by atoms with van der Waals surface area (Å²) >= 11 is 0. The maximum absolute atomic E-state index is 10.7. The average molecular weight is 249 g/mol. The van der Waals surface area contributed by atoms with Crippen molar-refractivity contribution in [2.75, 3.05) is 11.9 Å². The molecule has 0 heterocycles. The summed E-state index contributed by atoms with van der Waals surface area (Å²) in [7, 11) is 0. The van der Waals surface area contributed by atoms with Crippen molar-refractivity contribution in [1.29, 1.82) is 0 Å². The van der Waals surface area contributed by atoms with Crippen LogP contribution in [0.15, 0.2) is 24.3 Å². The number of carboxylic acids is 1. The van der Waals surface area contributed by atoms with Gasteiger partial charge in [0.15, 0.2) is 0 Å². The second-order valence-corrected chi connectivity index (χ2v) is 4.95. The molecular weight excluding hydrogens is 230 g/mol. The Morgan fingerprint density at radius 1 is 1.28 bits per heavy atom. The topological polar surface area (TPSA) is 69.6 Å². The molecule has 2 rings (SSSR count). The van der Waals surface area contributed by atoms with Crippen LogP contribution >= 0.6 is 0 Å². The Hall–Kier alpha value is -1.55. The molecule has 4 heteroatoms. The molecule has 0 aliphatic heterocycles. The predicted octanol–water partition coefficient (Wildman–Crippen LogP) is 2.35. The molecule has 0 amide bonds. The molecule has 0 radical (unpaired) electrons. The largest absolute Gasteiger partial charge is 0.478 e. The van der Waals surface area contributed by atoms with Gasteiger partial charge in [-0.25, -0.2) is 4.79 Å². The van der Waals surface area contributed by atoms with E-state index in [1.54, 1.807) is 24.3 Å². The second kappa shape index (κ2) is 5.87. The van der Waals surface area contributed by atoms with Gasteiger partial charge in [-0.15, -0.1) is 0 Å². The number of carboxylic acid groups (broad SMARTS) is 1. The number of nitrogens with one attached hydrogen (secondary N) is 1. The molecule has 1 fully saturated rings. The van der Waals surface area contributed by atoms with E-state index in [0.717, 1.165) is 37.9 Å². The van der Waals surface area contributed by atoms with E-state index in [2.05, 4.69) is 5.32 Å². The van der Waals surface area contributed by atoms with Gasteiger partial charge in [-0.2, -0.15) is 0 Å². The standard InChI is InChI=1S/C14H19NO3/c16-13-3-1-2-10(8-13)9-15-12-6-4-11(5-7-12)14(17)18/h4-7,10,13,15-16H,1-3,8-9H2,(H,17,18). The zero-order valence-electron chi connectivity index (χ0n) is 10.3.